The van der Waals surface area contributed by atoms with Gasteiger partial charge in [0.05, 0.1) is 0 Å². The molecule has 1 saturated carbocycles. The summed E-state index contributed by atoms with van der Waals surface area (Å²) in [6, 6.07) is 1.48. The lowest BCUT2D eigenvalue weighted by Crippen LogP contribution is -2.50. The molecule has 1 N–H and O–H groups in total. The van der Waals surface area contributed by atoms with Gasteiger partial charge in [0.2, 0.25) is 0 Å². The van der Waals surface area contributed by atoms with Crippen LogP contribution in [0.5, 0.6) is 0 Å². The van der Waals surface area contributed by atoms with E-state index in [4.69, 9.17) is 0 Å². The van der Waals surface area contributed by atoms with E-state index in [0.29, 0.717) is 11.5 Å². The van der Waals surface area contributed by atoms with Crippen LogP contribution in [0.2, 0.25) is 0 Å². The van der Waals surface area contributed by atoms with Crippen molar-refractivity contribution in [3.63, 3.8) is 0 Å². The maximum Gasteiger partial charge on any atom is 0.0121 e. The van der Waals surface area contributed by atoms with Gasteiger partial charge in [-0.25, -0.2) is 0 Å². The minimum absolute atomic E-state index is 0.574. The van der Waals surface area contributed by atoms with Crippen molar-refractivity contribution in [2.24, 2.45) is 17.3 Å². The van der Waals surface area contributed by atoms with Crippen LogP contribution in [0.15, 0.2) is 0 Å². The van der Waals surface area contributed by atoms with Crippen LogP contribution < -0.4 is 5.32 Å². The summed E-state index contributed by atoms with van der Waals surface area (Å²) in [5.74, 6) is 1.74. The molecule has 20 heavy (non-hydrogen) atoms. The first-order valence-corrected chi connectivity index (χ1v) is 8.85. The second-order valence-corrected chi connectivity index (χ2v) is 8.52. The number of nitrogens with zero attached hydrogens (tertiary/aromatic N) is 1. The fraction of sp³-hybridized carbons (Fsp3) is 1.00. The summed E-state index contributed by atoms with van der Waals surface area (Å²) >= 11 is 0. The van der Waals surface area contributed by atoms with Gasteiger partial charge in [-0.15, -0.1) is 0 Å². The number of hydrogen-bond acceptors (Lipinski definition) is 2. The van der Waals surface area contributed by atoms with Gasteiger partial charge >= 0.3 is 0 Å². The Kier molecular flexibility index (Phi) is 5.53. The molecular weight excluding hydrogens is 244 g/mol. The van der Waals surface area contributed by atoms with Gasteiger partial charge in [0.15, 0.2) is 0 Å². The number of nitrogens with one attached hydrogen (secondary N) is 1. The van der Waals surface area contributed by atoms with E-state index in [1.165, 1.54) is 51.7 Å². The lowest BCUT2D eigenvalue weighted by Gasteiger charge is -2.47. The van der Waals surface area contributed by atoms with E-state index >= 15 is 0 Å². The Hall–Kier alpha value is -0.0800. The Morgan fingerprint density at radius 3 is 2.65 bits per heavy atom. The summed E-state index contributed by atoms with van der Waals surface area (Å²) in [6.07, 6.45) is 7.05. The van der Waals surface area contributed by atoms with E-state index < -0.39 is 0 Å². The molecule has 0 amide bonds. The van der Waals surface area contributed by atoms with Crippen LogP contribution in [0.4, 0.5) is 0 Å². The van der Waals surface area contributed by atoms with Crippen LogP contribution in [0.1, 0.15) is 66.7 Å². The van der Waals surface area contributed by atoms with Gasteiger partial charge in [0.1, 0.15) is 0 Å². The van der Waals surface area contributed by atoms with Crippen LogP contribution in [0, 0.1) is 17.3 Å². The normalized spacial score (nSPS) is 35.4. The molecule has 0 aromatic heterocycles. The molecule has 0 aromatic rings. The highest BCUT2D eigenvalue weighted by Crippen LogP contribution is 2.41. The Bertz CT molecular complexity index is 298. The molecule has 0 spiro atoms. The van der Waals surface area contributed by atoms with Gasteiger partial charge in [-0.05, 0) is 62.4 Å². The van der Waals surface area contributed by atoms with E-state index in [9.17, 15) is 0 Å². The number of piperidine rings is 1. The molecule has 1 heterocycles. The third-order valence-corrected chi connectivity index (χ3v) is 5.48. The Labute approximate surface area is 126 Å². The standard InChI is InChI=1S/C18H36N2/c1-14(2)19-12-16-7-6-10-20(13-16)17-8-9-18(4,5)11-15(17)3/h14-17,19H,6-13H2,1-5H3. The van der Waals surface area contributed by atoms with E-state index in [-0.39, 0.29) is 0 Å². The first kappa shape index (κ1) is 16.3. The minimum Gasteiger partial charge on any atom is -0.314 e. The topological polar surface area (TPSA) is 15.3 Å². The molecule has 1 aliphatic carbocycles. The number of hydrogen-bond donors (Lipinski definition) is 1. The number of likely N-dealkylation sites (tertiary alicyclic amines) is 1. The minimum atomic E-state index is 0.574. The molecule has 3 atom stereocenters. The summed E-state index contributed by atoms with van der Waals surface area (Å²) in [7, 11) is 0. The van der Waals surface area contributed by atoms with Gasteiger partial charge in [-0.3, -0.25) is 4.90 Å². The van der Waals surface area contributed by atoms with E-state index in [1.54, 1.807) is 0 Å². The average Bonchev–Trinajstić information content (AvgIpc) is 2.35. The quantitative estimate of drug-likeness (QED) is 0.840. The number of rotatable bonds is 4. The third-order valence-electron chi connectivity index (χ3n) is 5.48. The van der Waals surface area contributed by atoms with E-state index in [1.807, 2.05) is 0 Å². The molecule has 2 fully saturated rings. The Morgan fingerprint density at radius 1 is 1.25 bits per heavy atom. The molecule has 2 aliphatic rings. The molecule has 1 aliphatic heterocycles. The zero-order valence-corrected chi connectivity index (χ0v) is 14.4. The van der Waals surface area contributed by atoms with Crippen molar-refractivity contribution < 1.29 is 0 Å². The second-order valence-electron chi connectivity index (χ2n) is 8.52. The van der Waals surface area contributed by atoms with Crippen molar-refractivity contribution in [1.29, 1.82) is 0 Å². The average molecular weight is 280 g/mol. The summed E-state index contributed by atoms with van der Waals surface area (Å²) < 4.78 is 0. The lowest BCUT2D eigenvalue weighted by atomic mass is 9.70. The molecule has 2 nitrogen and oxygen atoms in total. The van der Waals surface area contributed by atoms with Crippen molar-refractivity contribution in [2.45, 2.75) is 78.8 Å². The highest BCUT2D eigenvalue weighted by Gasteiger charge is 2.36. The highest BCUT2D eigenvalue weighted by molar-refractivity contribution is 4.90. The first-order valence-electron chi connectivity index (χ1n) is 8.85. The highest BCUT2D eigenvalue weighted by atomic mass is 15.2. The smallest absolute Gasteiger partial charge is 0.0121 e. The van der Waals surface area contributed by atoms with Gasteiger partial charge in [0, 0.05) is 18.6 Å². The largest absolute Gasteiger partial charge is 0.314 e. The maximum atomic E-state index is 3.64. The van der Waals surface area contributed by atoms with Gasteiger partial charge < -0.3 is 5.32 Å². The van der Waals surface area contributed by atoms with Crippen molar-refractivity contribution >= 4 is 0 Å². The van der Waals surface area contributed by atoms with E-state index in [2.05, 4.69) is 44.8 Å². The lowest BCUT2D eigenvalue weighted by molar-refractivity contribution is 0.0324. The van der Waals surface area contributed by atoms with Crippen LogP contribution in [-0.2, 0) is 0 Å². The molecule has 3 unspecified atom stereocenters. The predicted molar refractivity (Wildman–Crippen MR) is 88.0 cm³/mol. The fourth-order valence-corrected chi connectivity index (χ4v) is 4.44. The van der Waals surface area contributed by atoms with E-state index in [0.717, 1.165) is 17.9 Å². The van der Waals surface area contributed by atoms with Gasteiger partial charge in [-0.2, -0.15) is 0 Å². The van der Waals surface area contributed by atoms with Crippen molar-refractivity contribution in [3.05, 3.63) is 0 Å². The molecule has 0 aromatic carbocycles. The molecule has 1 saturated heterocycles. The predicted octanol–water partition coefficient (Wildman–Crippen LogP) is 3.91. The summed E-state index contributed by atoms with van der Waals surface area (Å²) in [5.41, 5.74) is 0.574. The summed E-state index contributed by atoms with van der Waals surface area (Å²) in [6.45, 7) is 15.8. The Balaban J connectivity index is 1.85. The monoisotopic (exact) mass is 280 g/mol. The van der Waals surface area contributed by atoms with Gasteiger partial charge in [0.25, 0.3) is 0 Å². The molecule has 2 rings (SSSR count). The van der Waals surface area contributed by atoms with Crippen molar-refractivity contribution in [2.75, 3.05) is 19.6 Å². The third kappa shape index (κ3) is 4.46. The summed E-state index contributed by atoms with van der Waals surface area (Å²) in [5, 5.41) is 3.64. The molecule has 0 bridgehead atoms. The zero-order valence-electron chi connectivity index (χ0n) is 14.4. The van der Waals surface area contributed by atoms with Crippen molar-refractivity contribution in [1.82, 2.24) is 10.2 Å². The summed E-state index contributed by atoms with van der Waals surface area (Å²) in [4.78, 5) is 2.83. The van der Waals surface area contributed by atoms with Crippen LogP contribution in [0.3, 0.4) is 0 Å². The molecular formula is C18H36N2. The molecule has 0 radical (unpaired) electrons. The fourth-order valence-electron chi connectivity index (χ4n) is 4.44. The zero-order chi connectivity index (χ0) is 14.8. The SMILES string of the molecule is CC(C)NCC1CCCN(C2CCC(C)(C)CC2C)C1. The van der Waals surface area contributed by atoms with Crippen molar-refractivity contribution in [3.8, 4) is 0 Å². The van der Waals surface area contributed by atoms with Crippen LogP contribution >= 0.6 is 0 Å². The maximum absolute atomic E-state index is 3.64. The molecule has 118 valence electrons. The van der Waals surface area contributed by atoms with Gasteiger partial charge in [-0.1, -0.05) is 34.6 Å². The Morgan fingerprint density at radius 2 is 2.00 bits per heavy atom. The van der Waals surface area contributed by atoms with Crippen LogP contribution in [-0.4, -0.2) is 36.6 Å². The van der Waals surface area contributed by atoms with Crippen LogP contribution in [0.25, 0.3) is 0 Å². The first-order chi connectivity index (χ1) is 9.37. The second kappa shape index (κ2) is 6.79. The molecule has 2 heteroatoms.